The largest absolute Gasteiger partial charge is 0.355 e. The van der Waals surface area contributed by atoms with E-state index in [9.17, 15) is 0 Å². The molecule has 0 fully saturated rings. The fourth-order valence-corrected chi connectivity index (χ4v) is 5.63. The molecule has 0 saturated carbocycles. The molecule has 44 heavy (non-hydrogen) atoms. The zero-order valence-corrected chi connectivity index (χ0v) is 24.3. The minimum Gasteiger partial charge on any atom is -0.355 e. The van der Waals surface area contributed by atoms with Gasteiger partial charge >= 0.3 is 0 Å². The molecule has 0 aliphatic rings. The van der Waals surface area contributed by atoms with Crippen molar-refractivity contribution in [1.29, 1.82) is 0 Å². The van der Waals surface area contributed by atoms with Gasteiger partial charge in [-0.1, -0.05) is 127 Å². The summed E-state index contributed by atoms with van der Waals surface area (Å²) in [6.45, 7) is 0. The Bertz CT molecular complexity index is 1890. The number of rotatable bonds is 8. The second-order valence-electron chi connectivity index (χ2n) is 10.7. The summed E-state index contributed by atoms with van der Waals surface area (Å²) >= 11 is 0. The highest BCUT2D eigenvalue weighted by Crippen LogP contribution is 2.38. The van der Waals surface area contributed by atoms with Gasteiger partial charge in [-0.2, -0.15) is 0 Å². The minimum absolute atomic E-state index is 1.06. The Balaban J connectivity index is 1.27. The SMILES string of the molecule is c1ccc(Nc2ccc(-c3ccc(-c4ccccc4)cc3)cc2-c2ccc(N(c3ccccc3)c3ccccc3)cc2)cc1. The van der Waals surface area contributed by atoms with Crippen LogP contribution < -0.4 is 10.2 Å². The number of hydrogen-bond acceptors (Lipinski definition) is 2. The van der Waals surface area contributed by atoms with Crippen LogP contribution in [0, 0.1) is 0 Å². The van der Waals surface area contributed by atoms with Crippen LogP contribution in [0.3, 0.4) is 0 Å². The van der Waals surface area contributed by atoms with Crippen molar-refractivity contribution < 1.29 is 0 Å². The van der Waals surface area contributed by atoms with Crippen molar-refractivity contribution in [2.24, 2.45) is 0 Å². The lowest BCUT2D eigenvalue weighted by Gasteiger charge is -2.25. The second kappa shape index (κ2) is 12.6. The standard InChI is InChI=1S/C42H32N2/c1-5-13-32(14-6-1)33-21-23-34(24-22-33)36-27-30-42(43-37-15-7-2-8-16-37)41(31-36)35-25-28-40(29-26-35)44(38-17-9-3-10-18-38)39-19-11-4-12-20-39/h1-31,43H. The first-order valence-corrected chi connectivity index (χ1v) is 14.9. The summed E-state index contributed by atoms with van der Waals surface area (Å²) in [5, 5.41) is 3.66. The Hall–Kier alpha value is -5.86. The first-order chi connectivity index (χ1) is 21.8. The van der Waals surface area contributed by atoms with Crippen molar-refractivity contribution in [2.45, 2.75) is 0 Å². The lowest BCUT2D eigenvalue weighted by Crippen LogP contribution is -2.09. The van der Waals surface area contributed by atoms with Crippen molar-refractivity contribution >= 4 is 28.4 Å². The van der Waals surface area contributed by atoms with Crippen molar-refractivity contribution in [3.05, 3.63) is 188 Å². The maximum atomic E-state index is 3.66. The van der Waals surface area contributed by atoms with E-state index in [2.05, 4.69) is 192 Å². The molecular formula is C42H32N2. The van der Waals surface area contributed by atoms with E-state index in [1.165, 1.54) is 22.3 Å². The van der Waals surface area contributed by atoms with Gasteiger partial charge < -0.3 is 10.2 Å². The molecule has 0 amide bonds. The molecule has 0 spiro atoms. The molecule has 7 rings (SSSR count). The zero-order valence-electron chi connectivity index (χ0n) is 24.3. The van der Waals surface area contributed by atoms with Gasteiger partial charge in [-0.15, -0.1) is 0 Å². The van der Waals surface area contributed by atoms with Crippen LogP contribution in [-0.2, 0) is 0 Å². The summed E-state index contributed by atoms with van der Waals surface area (Å²) in [6.07, 6.45) is 0. The maximum Gasteiger partial charge on any atom is 0.0464 e. The van der Waals surface area contributed by atoms with Crippen LogP contribution in [-0.4, -0.2) is 0 Å². The predicted molar refractivity (Wildman–Crippen MR) is 187 cm³/mol. The van der Waals surface area contributed by atoms with Crippen LogP contribution >= 0.6 is 0 Å². The zero-order chi connectivity index (χ0) is 29.6. The van der Waals surface area contributed by atoms with Crippen molar-refractivity contribution in [3.8, 4) is 33.4 Å². The first-order valence-electron chi connectivity index (χ1n) is 14.9. The van der Waals surface area contributed by atoms with Gasteiger partial charge in [-0.25, -0.2) is 0 Å². The molecule has 1 N–H and O–H groups in total. The highest BCUT2D eigenvalue weighted by molar-refractivity contribution is 5.87. The van der Waals surface area contributed by atoms with Gasteiger partial charge in [0.2, 0.25) is 0 Å². The number of benzene rings is 7. The Kier molecular flexibility index (Phi) is 7.71. The number of hydrogen-bond donors (Lipinski definition) is 1. The smallest absolute Gasteiger partial charge is 0.0464 e. The third-order valence-electron chi connectivity index (χ3n) is 7.86. The summed E-state index contributed by atoms with van der Waals surface area (Å²) in [6, 6.07) is 66.3. The van der Waals surface area contributed by atoms with E-state index in [0.29, 0.717) is 0 Å². The van der Waals surface area contributed by atoms with E-state index >= 15 is 0 Å². The van der Waals surface area contributed by atoms with E-state index in [1.54, 1.807) is 0 Å². The summed E-state index contributed by atoms with van der Waals surface area (Å²) in [5.74, 6) is 0. The lowest BCUT2D eigenvalue weighted by atomic mass is 9.95. The Labute approximate surface area is 259 Å². The molecule has 0 unspecified atom stereocenters. The third-order valence-corrected chi connectivity index (χ3v) is 7.86. The van der Waals surface area contributed by atoms with Crippen LogP contribution in [0.5, 0.6) is 0 Å². The fourth-order valence-electron chi connectivity index (χ4n) is 5.63. The highest BCUT2D eigenvalue weighted by Gasteiger charge is 2.14. The summed E-state index contributed by atoms with van der Waals surface area (Å²) in [4.78, 5) is 2.29. The number of anilines is 5. The van der Waals surface area contributed by atoms with Crippen LogP contribution in [0.15, 0.2) is 188 Å². The molecule has 7 aromatic rings. The molecule has 0 bridgehead atoms. The minimum atomic E-state index is 1.06. The molecule has 210 valence electrons. The third kappa shape index (κ3) is 5.88. The van der Waals surface area contributed by atoms with Crippen molar-refractivity contribution in [1.82, 2.24) is 0 Å². The molecule has 0 radical (unpaired) electrons. The molecular weight excluding hydrogens is 532 g/mol. The van der Waals surface area contributed by atoms with Gasteiger partial charge in [-0.05, 0) is 88.5 Å². The number of para-hydroxylation sites is 3. The molecule has 0 aromatic heterocycles. The molecule has 0 saturated heterocycles. The van der Waals surface area contributed by atoms with E-state index in [1.807, 2.05) is 6.07 Å². The van der Waals surface area contributed by atoms with Gasteiger partial charge in [0.25, 0.3) is 0 Å². The molecule has 0 heterocycles. The predicted octanol–water partition coefficient (Wildman–Crippen LogP) is 11.9. The van der Waals surface area contributed by atoms with Crippen LogP contribution in [0.4, 0.5) is 28.4 Å². The number of nitrogens with one attached hydrogen (secondary N) is 1. The topological polar surface area (TPSA) is 15.3 Å². The quantitative estimate of drug-likeness (QED) is 0.197. The van der Waals surface area contributed by atoms with Gasteiger partial charge in [-0.3, -0.25) is 0 Å². The fraction of sp³-hybridized carbons (Fsp3) is 0. The molecule has 2 nitrogen and oxygen atoms in total. The van der Waals surface area contributed by atoms with Crippen LogP contribution in [0.25, 0.3) is 33.4 Å². The van der Waals surface area contributed by atoms with E-state index < -0.39 is 0 Å². The average Bonchev–Trinajstić information content (AvgIpc) is 3.11. The summed E-state index contributed by atoms with van der Waals surface area (Å²) in [7, 11) is 0. The Morgan fingerprint density at radius 1 is 0.318 bits per heavy atom. The van der Waals surface area contributed by atoms with Crippen molar-refractivity contribution in [3.63, 3.8) is 0 Å². The molecule has 0 aliphatic carbocycles. The van der Waals surface area contributed by atoms with Gasteiger partial charge in [0, 0.05) is 34.0 Å². The lowest BCUT2D eigenvalue weighted by molar-refractivity contribution is 1.28. The van der Waals surface area contributed by atoms with Crippen molar-refractivity contribution in [2.75, 3.05) is 10.2 Å². The first kappa shape index (κ1) is 27.0. The Morgan fingerprint density at radius 3 is 1.30 bits per heavy atom. The Morgan fingerprint density at radius 2 is 0.727 bits per heavy atom. The average molecular weight is 565 g/mol. The van der Waals surface area contributed by atoms with Crippen LogP contribution in [0.2, 0.25) is 0 Å². The highest BCUT2D eigenvalue weighted by atomic mass is 15.1. The van der Waals surface area contributed by atoms with Crippen LogP contribution in [0.1, 0.15) is 0 Å². The van der Waals surface area contributed by atoms with Gasteiger partial charge in [0.05, 0.1) is 0 Å². The van der Waals surface area contributed by atoms with E-state index in [4.69, 9.17) is 0 Å². The van der Waals surface area contributed by atoms with Gasteiger partial charge in [0.15, 0.2) is 0 Å². The van der Waals surface area contributed by atoms with E-state index in [0.717, 1.165) is 39.6 Å². The monoisotopic (exact) mass is 564 g/mol. The van der Waals surface area contributed by atoms with E-state index in [-0.39, 0.29) is 0 Å². The maximum absolute atomic E-state index is 3.66. The summed E-state index contributed by atoms with van der Waals surface area (Å²) in [5.41, 5.74) is 12.6. The summed E-state index contributed by atoms with van der Waals surface area (Å²) < 4.78 is 0. The molecule has 0 aliphatic heterocycles. The van der Waals surface area contributed by atoms with Gasteiger partial charge in [0.1, 0.15) is 0 Å². The second-order valence-corrected chi connectivity index (χ2v) is 10.7. The molecule has 0 atom stereocenters. The number of nitrogens with zero attached hydrogens (tertiary/aromatic N) is 1. The molecule has 7 aromatic carbocycles. The molecule has 2 heteroatoms. The normalized spacial score (nSPS) is 10.7.